The Balaban J connectivity index is 1.40. The Hall–Kier alpha value is -2.55. The summed E-state index contributed by atoms with van der Waals surface area (Å²) in [7, 11) is 0. The molecule has 142 valence electrons. The van der Waals surface area contributed by atoms with Crippen molar-refractivity contribution in [2.45, 2.75) is 54.2 Å². The number of benzene rings is 1. The lowest BCUT2D eigenvalue weighted by molar-refractivity contribution is -0.140. The molecule has 27 heavy (non-hydrogen) atoms. The predicted octanol–water partition coefficient (Wildman–Crippen LogP) is 1.78. The maximum absolute atomic E-state index is 12.7. The minimum atomic E-state index is -0.890. The van der Waals surface area contributed by atoms with Gasteiger partial charge in [-0.05, 0) is 25.0 Å². The Morgan fingerprint density at radius 3 is 2.70 bits per heavy atom. The van der Waals surface area contributed by atoms with Crippen LogP contribution in [0.3, 0.4) is 0 Å². The van der Waals surface area contributed by atoms with Gasteiger partial charge in [0.15, 0.2) is 0 Å². The van der Waals surface area contributed by atoms with Crippen molar-refractivity contribution in [2.75, 3.05) is 5.32 Å². The lowest BCUT2D eigenvalue weighted by Crippen LogP contribution is -2.51. The summed E-state index contributed by atoms with van der Waals surface area (Å²) in [5.41, 5.74) is 2.21. The summed E-state index contributed by atoms with van der Waals surface area (Å²) in [6.07, 6.45) is 3.81. The quantitative estimate of drug-likeness (QED) is 0.684. The Morgan fingerprint density at radius 1 is 1.19 bits per heavy atom. The first-order valence-corrected chi connectivity index (χ1v) is 9.89. The van der Waals surface area contributed by atoms with Gasteiger partial charge in [0.05, 0.1) is 10.9 Å². The number of nitrogens with zero attached hydrogens (tertiary/aromatic N) is 1. The van der Waals surface area contributed by atoms with Crippen LogP contribution in [0.2, 0.25) is 0 Å². The third-order valence-corrected chi connectivity index (χ3v) is 6.46. The van der Waals surface area contributed by atoms with Crippen molar-refractivity contribution in [1.29, 1.82) is 0 Å². The van der Waals surface area contributed by atoms with Crippen LogP contribution in [0.5, 0.6) is 0 Å². The van der Waals surface area contributed by atoms with E-state index in [9.17, 15) is 19.2 Å². The SMILES string of the molecule is O=C(C[C@@H]1Sc2ccccc2NC1=O)NN1C(=O)NC2(CCCCC2)C1=O. The fourth-order valence-electron chi connectivity index (χ4n) is 3.78. The molecule has 0 unspecified atom stereocenters. The molecule has 2 fully saturated rings. The number of urea groups is 1. The van der Waals surface area contributed by atoms with Crippen LogP contribution in [0, 0.1) is 0 Å². The van der Waals surface area contributed by atoms with Gasteiger partial charge in [-0.1, -0.05) is 31.4 Å². The highest BCUT2D eigenvalue weighted by molar-refractivity contribution is 8.01. The molecule has 1 aromatic rings. The van der Waals surface area contributed by atoms with Crippen LogP contribution >= 0.6 is 11.8 Å². The van der Waals surface area contributed by atoms with Crippen LogP contribution in [-0.2, 0) is 14.4 Å². The zero-order chi connectivity index (χ0) is 19.0. The Labute approximate surface area is 160 Å². The smallest absolute Gasteiger partial charge is 0.324 e. The molecule has 3 aliphatic rings. The fraction of sp³-hybridized carbons (Fsp3) is 0.444. The third-order valence-electron chi connectivity index (χ3n) is 5.18. The zero-order valence-corrected chi connectivity index (χ0v) is 15.4. The number of para-hydroxylation sites is 1. The molecule has 0 radical (unpaired) electrons. The Morgan fingerprint density at radius 2 is 1.93 bits per heavy atom. The normalized spacial score (nSPS) is 23.6. The van der Waals surface area contributed by atoms with E-state index in [1.54, 1.807) is 6.07 Å². The second-order valence-electron chi connectivity index (χ2n) is 7.04. The summed E-state index contributed by atoms with van der Waals surface area (Å²) in [5.74, 6) is -1.22. The predicted molar refractivity (Wildman–Crippen MR) is 98.7 cm³/mol. The van der Waals surface area contributed by atoms with E-state index in [4.69, 9.17) is 0 Å². The van der Waals surface area contributed by atoms with Crippen LogP contribution in [0.4, 0.5) is 10.5 Å². The van der Waals surface area contributed by atoms with Crippen LogP contribution in [0.1, 0.15) is 38.5 Å². The average molecular weight is 388 g/mol. The van der Waals surface area contributed by atoms with E-state index in [2.05, 4.69) is 16.1 Å². The van der Waals surface area contributed by atoms with Crippen LogP contribution in [0.25, 0.3) is 0 Å². The molecule has 2 aliphatic heterocycles. The molecular weight excluding hydrogens is 368 g/mol. The molecule has 0 bridgehead atoms. The number of hydrogen-bond donors (Lipinski definition) is 3. The van der Waals surface area contributed by atoms with Crippen molar-refractivity contribution < 1.29 is 19.2 Å². The monoisotopic (exact) mass is 388 g/mol. The zero-order valence-electron chi connectivity index (χ0n) is 14.6. The summed E-state index contributed by atoms with van der Waals surface area (Å²) in [5, 5.41) is 5.66. The first-order chi connectivity index (χ1) is 13.0. The van der Waals surface area contributed by atoms with E-state index in [0.717, 1.165) is 34.9 Å². The van der Waals surface area contributed by atoms with Gasteiger partial charge in [0.25, 0.3) is 5.91 Å². The molecular formula is C18H20N4O4S. The van der Waals surface area contributed by atoms with Gasteiger partial charge in [0.2, 0.25) is 11.8 Å². The van der Waals surface area contributed by atoms with Crippen molar-refractivity contribution in [1.82, 2.24) is 15.8 Å². The number of amides is 5. The molecule has 0 aromatic heterocycles. The van der Waals surface area contributed by atoms with Crippen LogP contribution in [0.15, 0.2) is 29.2 Å². The Kier molecular flexibility index (Phi) is 4.55. The number of carbonyl (C=O) groups excluding carboxylic acids is 4. The number of fused-ring (bicyclic) bond motifs is 1. The molecule has 8 nitrogen and oxygen atoms in total. The number of hydrogen-bond acceptors (Lipinski definition) is 5. The molecule has 9 heteroatoms. The van der Waals surface area contributed by atoms with Crippen LogP contribution < -0.4 is 16.1 Å². The highest BCUT2D eigenvalue weighted by atomic mass is 32.2. The molecule has 5 amide bonds. The fourth-order valence-corrected chi connectivity index (χ4v) is 4.89. The molecule has 1 aromatic carbocycles. The number of hydrazine groups is 1. The summed E-state index contributed by atoms with van der Waals surface area (Å²) in [4.78, 5) is 50.4. The van der Waals surface area contributed by atoms with E-state index in [-0.39, 0.29) is 12.3 Å². The number of imide groups is 1. The van der Waals surface area contributed by atoms with Gasteiger partial charge < -0.3 is 10.6 Å². The van der Waals surface area contributed by atoms with Gasteiger partial charge >= 0.3 is 6.03 Å². The average Bonchev–Trinajstić information content (AvgIpc) is 2.87. The van der Waals surface area contributed by atoms with E-state index in [1.165, 1.54) is 11.8 Å². The molecule has 3 N–H and O–H groups in total. The number of nitrogens with one attached hydrogen (secondary N) is 3. The Bertz CT molecular complexity index is 821. The molecule has 1 atom stereocenters. The van der Waals surface area contributed by atoms with Gasteiger partial charge in [-0.2, -0.15) is 5.01 Å². The topological polar surface area (TPSA) is 108 Å². The second kappa shape index (κ2) is 6.88. The van der Waals surface area contributed by atoms with E-state index in [0.29, 0.717) is 12.8 Å². The number of carbonyl (C=O) groups is 4. The first kappa shape index (κ1) is 17.8. The highest BCUT2D eigenvalue weighted by Crippen LogP contribution is 2.37. The highest BCUT2D eigenvalue weighted by Gasteiger charge is 2.52. The minimum Gasteiger partial charge on any atom is -0.324 e. The van der Waals surface area contributed by atoms with Gasteiger partial charge in [-0.3, -0.25) is 19.8 Å². The molecule has 1 saturated heterocycles. The molecule has 1 spiro atoms. The second-order valence-corrected chi connectivity index (χ2v) is 8.29. The van der Waals surface area contributed by atoms with Gasteiger partial charge in [-0.25, -0.2) is 4.79 Å². The molecule has 1 aliphatic carbocycles. The van der Waals surface area contributed by atoms with E-state index < -0.39 is 28.6 Å². The largest absolute Gasteiger partial charge is 0.344 e. The molecule has 1 saturated carbocycles. The lowest BCUT2D eigenvalue weighted by atomic mass is 9.82. The standard InChI is InChI=1S/C18H20N4O4S/c23-14(10-13-15(24)19-11-6-2-3-7-12(11)27-13)21-22-16(25)18(20-17(22)26)8-4-1-5-9-18/h2-3,6-7,13H,1,4-5,8-10H2,(H,19,24)(H,20,26)(H,21,23)/t13-/m0/s1. The van der Waals surface area contributed by atoms with Crippen molar-refractivity contribution in [3.63, 3.8) is 0 Å². The van der Waals surface area contributed by atoms with E-state index in [1.807, 2.05) is 18.2 Å². The summed E-state index contributed by atoms with van der Waals surface area (Å²) >= 11 is 1.30. The van der Waals surface area contributed by atoms with Crippen molar-refractivity contribution in [3.8, 4) is 0 Å². The summed E-state index contributed by atoms with van der Waals surface area (Å²) < 4.78 is 0. The van der Waals surface area contributed by atoms with Crippen molar-refractivity contribution in [2.24, 2.45) is 0 Å². The molecule has 4 rings (SSSR count). The third kappa shape index (κ3) is 3.27. The number of anilines is 1. The number of thioether (sulfide) groups is 1. The maximum atomic E-state index is 12.7. The van der Waals surface area contributed by atoms with E-state index >= 15 is 0 Å². The van der Waals surface area contributed by atoms with Crippen molar-refractivity contribution >= 4 is 41.2 Å². The molecule has 2 heterocycles. The van der Waals surface area contributed by atoms with Crippen LogP contribution in [-0.4, -0.2) is 39.6 Å². The van der Waals surface area contributed by atoms with Gasteiger partial charge in [0, 0.05) is 11.3 Å². The summed E-state index contributed by atoms with van der Waals surface area (Å²) in [6, 6.07) is 6.74. The minimum absolute atomic E-state index is 0.130. The lowest BCUT2D eigenvalue weighted by Gasteiger charge is -2.30. The number of rotatable bonds is 3. The summed E-state index contributed by atoms with van der Waals surface area (Å²) in [6.45, 7) is 0. The van der Waals surface area contributed by atoms with Gasteiger partial charge in [0.1, 0.15) is 5.54 Å². The maximum Gasteiger partial charge on any atom is 0.344 e. The first-order valence-electron chi connectivity index (χ1n) is 9.01. The van der Waals surface area contributed by atoms with Gasteiger partial charge in [-0.15, -0.1) is 11.8 Å². The van der Waals surface area contributed by atoms with Crippen molar-refractivity contribution in [3.05, 3.63) is 24.3 Å².